The van der Waals surface area contributed by atoms with Crippen LogP contribution in [0, 0.1) is 0 Å². The van der Waals surface area contributed by atoms with Crippen LogP contribution in [-0.4, -0.2) is 61.1 Å². The normalized spacial score (nSPS) is 15.1. The first kappa shape index (κ1) is 26.5. The summed E-state index contributed by atoms with van der Waals surface area (Å²) in [7, 11) is 3.15. The molecule has 2 heterocycles. The second-order valence-corrected chi connectivity index (χ2v) is 10.9. The molecule has 1 aromatic heterocycles. The molecule has 1 aliphatic rings. The van der Waals surface area contributed by atoms with E-state index in [-0.39, 0.29) is 31.0 Å². The lowest BCUT2D eigenvalue weighted by molar-refractivity contribution is -0.136. The molecule has 1 aliphatic heterocycles. The maximum Gasteiger partial charge on any atom is 0.258 e. The largest absolute Gasteiger partial charge is 0.496 e. The fourth-order valence-corrected chi connectivity index (χ4v) is 5.52. The van der Waals surface area contributed by atoms with Crippen LogP contribution in [0.3, 0.4) is 0 Å². The van der Waals surface area contributed by atoms with Gasteiger partial charge in [-0.25, -0.2) is 0 Å². The summed E-state index contributed by atoms with van der Waals surface area (Å²) in [5.74, 6) is 1.39. The molecule has 0 radical (unpaired) electrons. The van der Waals surface area contributed by atoms with Crippen molar-refractivity contribution in [3.05, 3.63) is 76.0 Å². The van der Waals surface area contributed by atoms with Gasteiger partial charge in [0.25, 0.3) is 5.91 Å². The number of carbonyl (C=O) groups excluding carboxylic acids is 2. The standard InChI is InChI=1S/C29H34N2O5S/c1-29(2,3)31(28(33)21-10-6-7-11-23(21)34-4)18-27(32)30-16-14-26-20(15-17-37-26)22(30)19-36-25-13-9-8-12-24(25)35-5/h6-13,15,17,22H,14,16,18-19H2,1-5H3. The average molecular weight is 523 g/mol. The fraction of sp³-hybridized carbons (Fsp3) is 0.379. The van der Waals surface area contributed by atoms with E-state index in [9.17, 15) is 9.59 Å². The van der Waals surface area contributed by atoms with E-state index in [0.29, 0.717) is 29.4 Å². The summed E-state index contributed by atoms with van der Waals surface area (Å²) < 4.78 is 17.0. The van der Waals surface area contributed by atoms with Crippen LogP contribution in [0.1, 0.15) is 47.6 Å². The summed E-state index contributed by atoms with van der Waals surface area (Å²) in [5, 5.41) is 2.06. The Bertz CT molecular complexity index is 1250. The number of benzene rings is 2. The van der Waals surface area contributed by atoms with Crippen molar-refractivity contribution in [2.45, 2.75) is 38.8 Å². The van der Waals surface area contributed by atoms with Gasteiger partial charge in [0.15, 0.2) is 11.5 Å². The van der Waals surface area contributed by atoms with E-state index < -0.39 is 5.54 Å². The van der Waals surface area contributed by atoms with Gasteiger partial charge in [0, 0.05) is 17.0 Å². The molecule has 0 aliphatic carbocycles. The van der Waals surface area contributed by atoms with Crippen LogP contribution >= 0.6 is 11.3 Å². The maximum atomic E-state index is 13.8. The number of thiophene rings is 1. The molecule has 8 heteroatoms. The Morgan fingerprint density at radius 3 is 2.30 bits per heavy atom. The molecule has 1 atom stereocenters. The quantitative estimate of drug-likeness (QED) is 0.406. The molecule has 3 aromatic rings. The number of amides is 2. The van der Waals surface area contributed by atoms with Crippen LogP contribution in [-0.2, 0) is 11.2 Å². The molecular formula is C29H34N2O5S. The highest BCUT2D eigenvalue weighted by atomic mass is 32.1. The number of hydrogen-bond acceptors (Lipinski definition) is 6. The number of hydrogen-bond donors (Lipinski definition) is 0. The second-order valence-electron chi connectivity index (χ2n) is 9.88. The molecular weight excluding hydrogens is 488 g/mol. The third kappa shape index (κ3) is 5.74. The van der Waals surface area contributed by atoms with Gasteiger partial charge in [-0.15, -0.1) is 11.3 Å². The zero-order valence-electron chi connectivity index (χ0n) is 22.0. The lowest BCUT2D eigenvalue weighted by Crippen LogP contribution is -2.53. The summed E-state index contributed by atoms with van der Waals surface area (Å²) in [4.78, 5) is 32.2. The first-order valence-electron chi connectivity index (χ1n) is 12.3. The molecule has 2 aromatic carbocycles. The molecule has 0 saturated carbocycles. The number of ether oxygens (including phenoxy) is 3. The van der Waals surface area contributed by atoms with Gasteiger partial charge in [-0.2, -0.15) is 0 Å². The minimum absolute atomic E-state index is 0.0506. The first-order valence-corrected chi connectivity index (χ1v) is 13.2. The predicted octanol–water partition coefficient (Wildman–Crippen LogP) is 5.21. The fourth-order valence-electron chi connectivity index (χ4n) is 4.59. The summed E-state index contributed by atoms with van der Waals surface area (Å²) in [6, 6.07) is 16.4. The molecule has 196 valence electrons. The number of nitrogens with zero attached hydrogens (tertiary/aromatic N) is 2. The Morgan fingerprint density at radius 2 is 1.62 bits per heavy atom. The highest BCUT2D eigenvalue weighted by molar-refractivity contribution is 7.10. The third-order valence-electron chi connectivity index (χ3n) is 6.57. The van der Waals surface area contributed by atoms with Crippen molar-refractivity contribution >= 4 is 23.2 Å². The lowest BCUT2D eigenvalue weighted by Gasteiger charge is -2.40. The Balaban J connectivity index is 1.59. The van der Waals surface area contributed by atoms with Crippen molar-refractivity contribution < 1.29 is 23.8 Å². The number of rotatable bonds is 8. The van der Waals surface area contributed by atoms with Crippen molar-refractivity contribution in [3.63, 3.8) is 0 Å². The summed E-state index contributed by atoms with van der Waals surface area (Å²) >= 11 is 1.70. The van der Waals surface area contributed by atoms with Crippen LogP contribution in [0.15, 0.2) is 60.0 Å². The van der Waals surface area contributed by atoms with Gasteiger partial charge < -0.3 is 24.0 Å². The van der Waals surface area contributed by atoms with Gasteiger partial charge >= 0.3 is 0 Å². The van der Waals surface area contributed by atoms with Gasteiger partial charge in [0.1, 0.15) is 18.9 Å². The van der Waals surface area contributed by atoms with Gasteiger partial charge in [-0.3, -0.25) is 9.59 Å². The lowest BCUT2D eigenvalue weighted by atomic mass is 9.99. The first-order chi connectivity index (χ1) is 17.7. The maximum absolute atomic E-state index is 13.8. The van der Waals surface area contributed by atoms with Crippen LogP contribution in [0.2, 0.25) is 0 Å². The zero-order valence-corrected chi connectivity index (χ0v) is 22.8. The average Bonchev–Trinajstić information content (AvgIpc) is 3.38. The van der Waals surface area contributed by atoms with Crippen LogP contribution in [0.4, 0.5) is 0 Å². The van der Waals surface area contributed by atoms with Crippen molar-refractivity contribution in [2.75, 3.05) is 33.9 Å². The van der Waals surface area contributed by atoms with Crippen LogP contribution in [0.5, 0.6) is 17.2 Å². The monoisotopic (exact) mass is 522 g/mol. The topological polar surface area (TPSA) is 68.3 Å². The van der Waals surface area contributed by atoms with Gasteiger partial charge in [0.05, 0.1) is 25.8 Å². The highest BCUT2D eigenvalue weighted by Crippen LogP contribution is 2.35. The van der Waals surface area contributed by atoms with E-state index in [1.807, 2.05) is 56.0 Å². The van der Waals surface area contributed by atoms with Gasteiger partial charge in [-0.05, 0) is 68.5 Å². The summed E-state index contributed by atoms with van der Waals surface area (Å²) in [6.07, 6.45) is 0.778. The number of para-hydroxylation sites is 3. The van der Waals surface area contributed by atoms with E-state index in [1.54, 1.807) is 41.5 Å². The van der Waals surface area contributed by atoms with Gasteiger partial charge in [-0.1, -0.05) is 24.3 Å². The zero-order chi connectivity index (χ0) is 26.6. The number of methoxy groups -OCH3 is 2. The molecule has 4 rings (SSSR count). The SMILES string of the molecule is COc1ccccc1OCC1c2ccsc2CCN1C(=O)CN(C(=O)c1ccccc1OC)C(C)(C)C. The molecule has 37 heavy (non-hydrogen) atoms. The highest BCUT2D eigenvalue weighted by Gasteiger charge is 2.36. The Morgan fingerprint density at radius 1 is 0.973 bits per heavy atom. The summed E-state index contributed by atoms with van der Waals surface area (Å²) in [6.45, 7) is 6.60. The molecule has 7 nitrogen and oxygen atoms in total. The van der Waals surface area contributed by atoms with E-state index >= 15 is 0 Å². The smallest absolute Gasteiger partial charge is 0.258 e. The second kappa shape index (κ2) is 11.3. The molecule has 0 N–H and O–H groups in total. The van der Waals surface area contributed by atoms with Crippen molar-refractivity contribution in [1.29, 1.82) is 0 Å². The van der Waals surface area contributed by atoms with Crippen molar-refractivity contribution in [1.82, 2.24) is 9.80 Å². The minimum atomic E-state index is -0.583. The third-order valence-corrected chi connectivity index (χ3v) is 7.56. The van der Waals surface area contributed by atoms with E-state index in [4.69, 9.17) is 14.2 Å². The number of carbonyl (C=O) groups is 2. The Hall–Kier alpha value is -3.52. The van der Waals surface area contributed by atoms with E-state index in [2.05, 4.69) is 11.4 Å². The van der Waals surface area contributed by atoms with Gasteiger partial charge in [0.2, 0.25) is 5.91 Å². The molecule has 1 unspecified atom stereocenters. The number of fused-ring (bicyclic) bond motifs is 1. The van der Waals surface area contributed by atoms with Crippen LogP contribution in [0.25, 0.3) is 0 Å². The van der Waals surface area contributed by atoms with E-state index in [0.717, 1.165) is 12.0 Å². The van der Waals surface area contributed by atoms with Crippen molar-refractivity contribution in [2.24, 2.45) is 0 Å². The Kier molecular flexibility index (Phi) is 8.07. The summed E-state index contributed by atoms with van der Waals surface area (Å²) in [5.41, 5.74) is 0.945. The van der Waals surface area contributed by atoms with E-state index in [1.165, 1.54) is 12.0 Å². The molecule has 0 saturated heterocycles. The molecule has 0 bridgehead atoms. The Labute approximate surface area is 222 Å². The molecule has 0 spiro atoms. The molecule has 0 fully saturated rings. The minimum Gasteiger partial charge on any atom is -0.496 e. The molecule has 2 amide bonds. The van der Waals surface area contributed by atoms with Crippen LogP contribution < -0.4 is 14.2 Å². The van der Waals surface area contributed by atoms with Crippen molar-refractivity contribution in [3.8, 4) is 17.2 Å². The predicted molar refractivity (Wildman–Crippen MR) is 145 cm³/mol.